The first-order chi connectivity index (χ1) is 12.3. The predicted molar refractivity (Wildman–Crippen MR) is 94.3 cm³/mol. The van der Waals surface area contributed by atoms with Crippen molar-refractivity contribution in [1.29, 1.82) is 5.26 Å². The Kier molecular flexibility index (Phi) is 4.74. The first-order valence-corrected chi connectivity index (χ1v) is 8.46. The van der Waals surface area contributed by atoms with Crippen molar-refractivity contribution in [1.82, 2.24) is 14.9 Å². The van der Waals surface area contributed by atoms with Gasteiger partial charge in [-0.3, -0.25) is 0 Å². The van der Waals surface area contributed by atoms with Gasteiger partial charge in [0.2, 0.25) is 0 Å². The molecule has 2 aliphatic rings. The Hall–Kier alpha value is -2.09. The van der Waals surface area contributed by atoms with E-state index in [1.165, 1.54) is 13.3 Å². The van der Waals surface area contributed by atoms with Gasteiger partial charge in [0.05, 0.1) is 41.0 Å². The quantitative estimate of drug-likeness (QED) is 0.828. The monoisotopic (exact) mass is 367 g/mol. The number of halogens is 2. The summed E-state index contributed by atoms with van der Waals surface area (Å²) in [6.45, 7) is 1.80. The van der Waals surface area contributed by atoms with Crippen LogP contribution in [0.4, 0.5) is 13.6 Å². The zero-order valence-corrected chi connectivity index (χ0v) is 15.3. The maximum absolute atomic E-state index is 14.9. The van der Waals surface area contributed by atoms with Gasteiger partial charge < -0.3 is 14.6 Å². The molecule has 9 heteroatoms. The number of alkyl carbamates (subject to hydrolysis) is 1. The van der Waals surface area contributed by atoms with Crippen LogP contribution >= 0.6 is 0 Å². The standard InChI is InChI=1S/C18H18F2N4O2.Li/c1-16(8-17(4-5-18(16,19)20)9-22-15(25)26-17)10-24-11-23-13-3-2-12(7-21)6-14(13)24;/h2-3,6,11H,4-5,8-10H2,1H3,(H,22,25);/t16-,17-;/m0./s1. The van der Waals surface area contributed by atoms with Crippen LogP contribution in [0.2, 0.25) is 0 Å². The molecule has 2 atom stereocenters. The Morgan fingerprint density at radius 2 is 2.19 bits per heavy atom. The van der Waals surface area contributed by atoms with Crippen LogP contribution in [-0.4, -0.2) is 52.6 Å². The minimum atomic E-state index is -2.91. The number of nitriles is 1. The molecule has 1 amide bonds. The van der Waals surface area contributed by atoms with Crippen LogP contribution in [0.15, 0.2) is 24.5 Å². The molecule has 1 radical (unpaired) electrons. The van der Waals surface area contributed by atoms with E-state index in [-0.39, 0.29) is 51.2 Å². The van der Waals surface area contributed by atoms with E-state index < -0.39 is 23.0 Å². The number of imidazole rings is 1. The average molecular weight is 367 g/mol. The third-order valence-corrected chi connectivity index (χ3v) is 5.62. The van der Waals surface area contributed by atoms with Crippen molar-refractivity contribution in [3.05, 3.63) is 30.1 Å². The van der Waals surface area contributed by atoms with E-state index in [1.54, 1.807) is 22.8 Å². The summed E-state index contributed by atoms with van der Waals surface area (Å²) < 4.78 is 36.8. The molecule has 2 fully saturated rings. The van der Waals surface area contributed by atoms with E-state index in [4.69, 9.17) is 10.00 Å². The molecule has 1 N–H and O–H groups in total. The van der Waals surface area contributed by atoms with Gasteiger partial charge in [-0.2, -0.15) is 5.26 Å². The third-order valence-electron chi connectivity index (χ3n) is 5.62. The summed E-state index contributed by atoms with van der Waals surface area (Å²) in [4.78, 5) is 15.7. The average Bonchev–Trinajstić information content (AvgIpc) is 3.15. The number of benzene rings is 1. The van der Waals surface area contributed by atoms with Gasteiger partial charge >= 0.3 is 6.09 Å². The normalized spacial score (nSPS) is 29.0. The summed E-state index contributed by atoms with van der Waals surface area (Å²) in [6.07, 6.45) is 0.826. The number of ether oxygens (including phenoxy) is 1. The van der Waals surface area contributed by atoms with Crippen LogP contribution in [0.1, 0.15) is 31.7 Å². The maximum Gasteiger partial charge on any atom is 0.407 e. The molecule has 1 aliphatic heterocycles. The van der Waals surface area contributed by atoms with Crippen LogP contribution in [0.5, 0.6) is 0 Å². The summed E-state index contributed by atoms with van der Waals surface area (Å²) in [5.74, 6) is -2.91. The largest absolute Gasteiger partial charge is 0.441 e. The molecule has 1 aromatic carbocycles. The zero-order chi connectivity index (χ0) is 18.6. The van der Waals surface area contributed by atoms with E-state index in [9.17, 15) is 13.6 Å². The molecular weight excluding hydrogens is 349 g/mol. The van der Waals surface area contributed by atoms with Gasteiger partial charge in [0.15, 0.2) is 0 Å². The van der Waals surface area contributed by atoms with E-state index in [0.717, 1.165) is 0 Å². The van der Waals surface area contributed by atoms with Gasteiger partial charge in [0.1, 0.15) is 5.60 Å². The fourth-order valence-electron chi connectivity index (χ4n) is 4.16. The minimum Gasteiger partial charge on any atom is -0.441 e. The Balaban J connectivity index is 0.00000210. The predicted octanol–water partition coefficient (Wildman–Crippen LogP) is 2.83. The molecule has 27 heavy (non-hydrogen) atoms. The van der Waals surface area contributed by atoms with Crippen molar-refractivity contribution < 1.29 is 18.3 Å². The number of carbonyl (C=O) groups excluding carboxylic acids is 1. The number of carbonyl (C=O) groups is 1. The number of nitrogens with one attached hydrogen (secondary N) is 1. The molecule has 1 saturated carbocycles. The van der Waals surface area contributed by atoms with Crippen molar-refractivity contribution in [2.24, 2.45) is 5.41 Å². The Morgan fingerprint density at radius 1 is 1.41 bits per heavy atom. The number of hydrogen-bond donors (Lipinski definition) is 1. The molecule has 0 bridgehead atoms. The van der Waals surface area contributed by atoms with Crippen molar-refractivity contribution in [3.8, 4) is 6.07 Å². The van der Waals surface area contributed by atoms with Gasteiger partial charge in [-0.05, 0) is 24.6 Å². The second-order valence-corrected chi connectivity index (χ2v) is 7.56. The molecule has 2 heterocycles. The number of amides is 1. The Morgan fingerprint density at radius 3 is 2.85 bits per heavy atom. The van der Waals surface area contributed by atoms with E-state index in [1.807, 2.05) is 0 Å². The molecule has 137 valence electrons. The summed E-state index contributed by atoms with van der Waals surface area (Å²) in [5, 5.41) is 11.7. The fraction of sp³-hybridized carbons (Fsp3) is 0.500. The molecule has 4 rings (SSSR count). The van der Waals surface area contributed by atoms with Crippen molar-refractivity contribution in [2.45, 2.75) is 44.3 Å². The van der Waals surface area contributed by atoms with Crippen molar-refractivity contribution in [3.63, 3.8) is 0 Å². The van der Waals surface area contributed by atoms with Gasteiger partial charge in [-0.25, -0.2) is 18.6 Å². The summed E-state index contributed by atoms with van der Waals surface area (Å²) in [7, 11) is 0. The molecule has 0 unspecified atom stereocenters. The third kappa shape index (κ3) is 3.20. The van der Waals surface area contributed by atoms with E-state index in [2.05, 4.69) is 16.4 Å². The first kappa shape index (κ1) is 19.7. The topological polar surface area (TPSA) is 79.9 Å². The van der Waals surface area contributed by atoms with Crippen LogP contribution < -0.4 is 5.32 Å². The van der Waals surface area contributed by atoms with Crippen LogP contribution in [0, 0.1) is 16.7 Å². The van der Waals surface area contributed by atoms with E-state index >= 15 is 0 Å². The molecular formula is C18H18F2LiN4O2. The number of hydrogen-bond acceptors (Lipinski definition) is 4. The SMILES string of the molecule is C[C@@]1(Cn2cnc3ccc(C#N)cc32)C[C@@]2(CCC1(F)F)CNC(=O)O2.[Li]. The number of nitrogens with zero attached hydrogens (tertiary/aromatic N) is 3. The molecule has 1 saturated heterocycles. The number of aromatic nitrogens is 2. The molecule has 6 nitrogen and oxygen atoms in total. The van der Waals surface area contributed by atoms with Crippen LogP contribution in [0.3, 0.4) is 0 Å². The smallest absolute Gasteiger partial charge is 0.407 e. The van der Waals surface area contributed by atoms with Crippen LogP contribution in [-0.2, 0) is 11.3 Å². The second kappa shape index (κ2) is 6.51. The van der Waals surface area contributed by atoms with Gasteiger partial charge in [0, 0.05) is 38.2 Å². The van der Waals surface area contributed by atoms with Crippen molar-refractivity contribution >= 4 is 36.0 Å². The second-order valence-electron chi connectivity index (χ2n) is 7.56. The maximum atomic E-state index is 14.9. The number of fused-ring (bicyclic) bond motifs is 1. The molecule has 2 aromatic rings. The van der Waals surface area contributed by atoms with Crippen molar-refractivity contribution in [2.75, 3.05) is 6.54 Å². The summed E-state index contributed by atoms with van der Waals surface area (Å²) >= 11 is 0. The molecule has 1 spiro atoms. The Labute approximate surface area is 167 Å². The van der Waals surface area contributed by atoms with E-state index in [0.29, 0.717) is 16.6 Å². The minimum absolute atomic E-state index is 0. The Bertz CT molecular complexity index is 941. The van der Waals surface area contributed by atoms with Gasteiger partial charge in [-0.15, -0.1) is 0 Å². The fourth-order valence-corrected chi connectivity index (χ4v) is 4.16. The van der Waals surface area contributed by atoms with Gasteiger partial charge in [-0.1, -0.05) is 6.92 Å². The number of rotatable bonds is 2. The molecule has 1 aliphatic carbocycles. The molecule has 1 aromatic heterocycles. The zero-order valence-electron chi connectivity index (χ0n) is 15.3. The summed E-state index contributed by atoms with van der Waals surface area (Å²) in [6, 6.07) is 7.06. The van der Waals surface area contributed by atoms with Crippen LogP contribution in [0.25, 0.3) is 11.0 Å². The summed E-state index contributed by atoms with van der Waals surface area (Å²) in [5.41, 5.74) is -0.557. The first-order valence-electron chi connectivity index (χ1n) is 8.46. The van der Waals surface area contributed by atoms with Gasteiger partial charge in [0.25, 0.3) is 5.92 Å². The number of alkyl halides is 2.